The average Bonchev–Trinajstić information content (AvgIpc) is 3.01. The molecule has 3 fully saturated rings. The van der Waals surface area contributed by atoms with E-state index in [1.165, 1.54) is 69.5 Å². The largest absolute Gasteiger partial charge is 0.370 e. The molecule has 114 valence electrons. The second kappa shape index (κ2) is 5.93. The van der Waals surface area contributed by atoms with E-state index in [4.69, 9.17) is 0 Å². The van der Waals surface area contributed by atoms with Crippen LogP contribution in [0.5, 0.6) is 0 Å². The number of rotatable bonds is 5. The molecule has 4 rings (SSSR count). The molecule has 21 heavy (non-hydrogen) atoms. The zero-order valence-electron chi connectivity index (χ0n) is 12.8. The van der Waals surface area contributed by atoms with Crippen molar-refractivity contribution >= 4 is 5.69 Å². The van der Waals surface area contributed by atoms with Gasteiger partial charge in [0.05, 0.1) is 0 Å². The highest BCUT2D eigenvalue weighted by Gasteiger charge is 2.30. The Bertz CT molecular complexity index is 479. The fourth-order valence-electron chi connectivity index (χ4n) is 3.77. The first kappa shape index (κ1) is 13.5. The minimum absolute atomic E-state index is 0.758. The predicted molar refractivity (Wildman–Crippen MR) is 85.5 cm³/mol. The van der Waals surface area contributed by atoms with Gasteiger partial charge in [-0.1, -0.05) is 0 Å². The number of aromatic nitrogens is 1. The molecule has 1 N–H and O–H groups in total. The molecule has 3 heterocycles. The number of hydrogen-bond acceptors (Lipinski definition) is 4. The molecular weight excluding hydrogens is 260 g/mol. The molecule has 0 bridgehead atoms. The van der Waals surface area contributed by atoms with Crippen molar-refractivity contribution < 1.29 is 0 Å². The van der Waals surface area contributed by atoms with Gasteiger partial charge >= 0.3 is 0 Å². The summed E-state index contributed by atoms with van der Waals surface area (Å²) in [4.78, 5) is 9.61. The van der Waals surface area contributed by atoms with Gasteiger partial charge in [-0.25, -0.2) is 0 Å². The van der Waals surface area contributed by atoms with Gasteiger partial charge in [-0.2, -0.15) is 0 Å². The first-order valence-electron chi connectivity index (χ1n) is 8.55. The van der Waals surface area contributed by atoms with E-state index in [0.717, 1.165) is 18.6 Å². The minimum atomic E-state index is 0.758. The van der Waals surface area contributed by atoms with Crippen LogP contribution in [0.2, 0.25) is 0 Å². The van der Waals surface area contributed by atoms with E-state index >= 15 is 0 Å². The Kier molecular flexibility index (Phi) is 3.82. The quantitative estimate of drug-likeness (QED) is 0.897. The molecule has 1 aromatic rings. The molecular formula is C17H26N4. The lowest BCUT2D eigenvalue weighted by molar-refractivity contribution is 0.260. The summed E-state index contributed by atoms with van der Waals surface area (Å²) in [6.07, 6.45) is 10.8. The van der Waals surface area contributed by atoms with Gasteiger partial charge in [0.15, 0.2) is 0 Å². The monoisotopic (exact) mass is 286 g/mol. The van der Waals surface area contributed by atoms with Gasteiger partial charge in [-0.15, -0.1) is 0 Å². The normalized spacial score (nSPS) is 26.7. The molecule has 4 heteroatoms. The Labute approximate surface area is 127 Å². The van der Waals surface area contributed by atoms with E-state index < -0.39 is 0 Å². The Balaban J connectivity index is 1.43. The van der Waals surface area contributed by atoms with Gasteiger partial charge in [0.25, 0.3) is 0 Å². The summed E-state index contributed by atoms with van der Waals surface area (Å²) in [5, 5.41) is 3.63. The molecule has 1 aromatic heterocycles. The van der Waals surface area contributed by atoms with Crippen molar-refractivity contribution in [2.75, 3.05) is 31.1 Å². The first-order valence-corrected chi connectivity index (χ1v) is 8.55. The molecule has 0 radical (unpaired) electrons. The average molecular weight is 286 g/mol. The number of anilines is 1. The van der Waals surface area contributed by atoms with E-state index in [9.17, 15) is 0 Å². The third-order valence-corrected chi connectivity index (χ3v) is 5.20. The van der Waals surface area contributed by atoms with Crippen molar-refractivity contribution in [3.05, 3.63) is 24.0 Å². The summed E-state index contributed by atoms with van der Waals surface area (Å²) in [6, 6.07) is 3.73. The number of likely N-dealkylation sites (tertiary alicyclic amines) is 1. The molecule has 1 aliphatic carbocycles. The van der Waals surface area contributed by atoms with Gasteiger partial charge in [0.1, 0.15) is 0 Å². The predicted octanol–water partition coefficient (Wildman–Crippen LogP) is 2.01. The lowest BCUT2D eigenvalue weighted by atomic mass is 10.2. The smallest absolute Gasteiger partial charge is 0.0443 e. The van der Waals surface area contributed by atoms with Crippen molar-refractivity contribution in [3.8, 4) is 0 Å². The van der Waals surface area contributed by atoms with Gasteiger partial charge in [-0.05, 0) is 51.3 Å². The van der Waals surface area contributed by atoms with Crippen LogP contribution in [0.25, 0.3) is 0 Å². The maximum atomic E-state index is 4.33. The second-order valence-electron chi connectivity index (χ2n) is 6.79. The second-order valence-corrected chi connectivity index (χ2v) is 6.79. The summed E-state index contributed by atoms with van der Waals surface area (Å²) in [5.41, 5.74) is 2.77. The maximum Gasteiger partial charge on any atom is 0.0443 e. The number of nitrogens with zero attached hydrogens (tertiary/aromatic N) is 3. The van der Waals surface area contributed by atoms with Crippen LogP contribution in [0.1, 0.15) is 37.7 Å². The van der Waals surface area contributed by atoms with Crippen LogP contribution in [0.15, 0.2) is 18.5 Å². The fraction of sp³-hybridized carbons (Fsp3) is 0.706. The van der Waals surface area contributed by atoms with Crippen molar-refractivity contribution in [3.63, 3.8) is 0 Å². The molecule has 1 unspecified atom stereocenters. The summed E-state index contributed by atoms with van der Waals surface area (Å²) in [5.74, 6) is 0. The van der Waals surface area contributed by atoms with E-state index in [2.05, 4.69) is 26.2 Å². The highest BCUT2D eigenvalue weighted by molar-refractivity contribution is 5.53. The molecule has 1 saturated carbocycles. The molecule has 0 spiro atoms. The van der Waals surface area contributed by atoms with Crippen LogP contribution in [0.3, 0.4) is 0 Å². The number of nitrogens with one attached hydrogen (secondary N) is 1. The van der Waals surface area contributed by atoms with Gasteiger partial charge in [0.2, 0.25) is 0 Å². The van der Waals surface area contributed by atoms with Crippen LogP contribution >= 0.6 is 0 Å². The SMILES string of the molecule is c1cc(N2CCC(N3CCCC3)C2)c(CNC2CC2)cn1. The number of hydrogen-bond donors (Lipinski definition) is 1. The zero-order chi connectivity index (χ0) is 14.1. The van der Waals surface area contributed by atoms with Gasteiger partial charge in [0, 0.05) is 55.4 Å². The van der Waals surface area contributed by atoms with E-state index in [-0.39, 0.29) is 0 Å². The van der Waals surface area contributed by atoms with E-state index in [1.807, 2.05) is 12.4 Å². The van der Waals surface area contributed by atoms with Crippen molar-refractivity contribution in [2.24, 2.45) is 0 Å². The molecule has 0 aromatic carbocycles. The van der Waals surface area contributed by atoms with Crippen LogP contribution in [-0.2, 0) is 6.54 Å². The number of pyridine rings is 1. The van der Waals surface area contributed by atoms with Crippen LogP contribution in [0, 0.1) is 0 Å². The van der Waals surface area contributed by atoms with Crippen molar-refractivity contribution in [1.82, 2.24) is 15.2 Å². The highest BCUT2D eigenvalue weighted by Crippen LogP contribution is 2.28. The standard InChI is InChI=1S/C17H26N4/c1-2-9-20(8-1)16-6-10-21(13-16)17-5-7-18-11-14(17)12-19-15-3-4-15/h5,7,11,15-16,19H,1-4,6,8-10,12-13H2. The van der Waals surface area contributed by atoms with Crippen LogP contribution < -0.4 is 10.2 Å². The van der Waals surface area contributed by atoms with Gasteiger partial charge in [-0.3, -0.25) is 9.88 Å². The summed E-state index contributed by atoms with van der Waals surface area (Å²) < 4.78 is 0. The lowest BCUT2D eigenvalue weighted by Gasteiger charge is -2.25. The van der Waals surface area contributed by atoms with Crippen LogP contribution in [0.4, 0.5) is 5.69 Å². The third-order valence-electron chi connectivity index (χ3n) is 5.20. The molecule has 3 aliphatic rings. The fourth-order valence-corrected chi connectivity index (χ4v) is 3.77. The zero-order valence-corrected chi connectivity index (χ0v) is 12.8. The summed E-state index contributed by atoms with van der Waals surface area (Å²) in [7, 11) is 0. The summed E-state index contributed by atoms with van der Waals surface area (Å²) >= 11 is 0. The molecule has 4 nitrogen and oxygen atoms in total. The maximum absolute atomic E-state index is 4.33. The minimum Gasteiger partial charge on any atom is -0.370 e. The Morgan fingerprint density at radius 1 is 1.14 bits per heavy atom. The molecule has 2 aliphatic heterocycles. The topological polar surface area (TPSA) is 31.4 Å². The third kappa shape index (κ3) is 3.06. The van der Waals surface area contributed by atoms with Crippen molar-refractivity contribution in [1.29, 1.82) is 0 Å². The Morgan fingerprint density at radius 3 is 2.81 bits per heavy atom. The van der Waals surface area contributed by atoms with Crippen molar-refractivity contribution in [2.45, 2.75) is 50.7 Å². The summed E-state index contributed by atoms with van der Waals surface area (Å²) in [6.45, 7) is 5.98. The van der Waals surface area contributed by atoms with Gasteiger partial charge < -0.3 is 10.2 Å². The lowest BCUT2D eigenvalue weighted by Crippen LogP contribution is -2.35. The van der Waals surface area contributed by atoms with E-state index in [0.29, 0.717) is 0 Å². The molecule has 0 amide bonds. The van der Waals surface area contributed by atoms with E-state index in [1.54, 1.807) is 0 Å². The molecule has 1 atom stereocenters. The Hall–Kier alpha value is -1.13. The van der Waals surface area contributed by atoms with Crippen LogP contribution in [-0.4, -0.2) is 48.1 Å². The first-order chi connectivity index (χ1) is 10.4. The highest BCUT2D eigenvalue weighted by atomic mass is 15.3. The Morgan fingerprint density at radius 2 is 2.00 bits per heavy atom. The molecule has 2 saturated heterocycles.